The van der Waals surface area contributed by atoms with E-state index in [4.69, 9.17) is 4.74 Å². The molecule has 0 saturated heterocycles. The molecule has 2 aromatic heterocycles. The molecule has 0 aliphatic heterocycles. The van der Waals surface area contributed by atoms with Gasteiger partial charge in [0.2, 0.25) is 0 Å². The smallest absolute Gasteiger partial charge is 0.416 e. The van der Waals surface area contributed by atoms with Crippen molar-refractivity contribution in [3.63, 3.8) is 0 Å². The summed E-state index contributed by atoms with van der Waals surface area (Å²) in [6.45, 7) is 5.33. The number of halogens is 3. The van der Waals surface area contributed by atoms with Crippen molar-refractivity contribution in [2.75, 3.05) is 7.11 Å². The van der Waals surface area contributed by atoms with Gasteiger partial charge in [0.1, 0.15) is 11.1 Å². The van der Waals surface area contributed by atoms with Gasteiger partial charge in [0.15, 0.2) is 10.3 Å². The maximum absolute atomic E-state index is 13.3. The molecule has 0 bridgehead atoms. The Morgan fingerprint density at radius 1 is 1.16 bits per heavy atom. The summed E-state index contributed by atoms with van der Waals surface area (Å²) in [6.07, 6.45) is -4.50. The summed E-state index contributed by atoms with van der Waals surface area (Å²) in [5, 5.41) is 8.46. The standard InChI is InChI=1S/C20H20F3N5O2S2/c1-11-8-12(2)25-18(24-11)31-10-16-26-27-19(32-13(3)17(29)30-4)28(16)15-7-5-6-14(9-15)20(21,22)23/h5-9,13H,10H2,1-4H3. The van der Waals surface area contributed by atoms with Crippen LogP contribution < -0.4 is 0 Å². The molecule has 0 spiro atoms. The Labute approximate surface area is 191 Å². The van der Waals surface area contributed by atoms with Crippen molar-refractivity contribution in [3.8, 4) is 5.69 Å². The summed E-state index contributed by atoms with van der Waals surface area (Å²) in [5.41, 5.74) is 1.06. The monoisotopic (exact) mass is 483 g/mol. The van der Waals surface area contributed by atoms with Gasteiger partial charge < -0.3 is 4.74 Å². The van der Waals surface area contributed by atoms with Gasteiger partial charge in [-0.25, -0.2) is 9.97 Å². The van der Waals surface area contributed by atoms with E-state index < -0.39 is 23.0 Å². The molecule has 3 rings (SSSR count). The van der Waals surface area contributed by atoms with E-state index in [1.807, 2.05) is 19.9 Å². The number of rotatable bonds is 7. The van der Waals surface area contributed by atoms with Crippen molar-refractivity contribution >= 4 is 29.5 Å². The van der Waals surface area contributed by atoms with E-state index in [2.05, 4.69) is 20.2 Å². The van der Waals surface area contributed by atoms with Gasteiger partial charge in [-0.15, -0.1) is 10.2 Å². The Morgan fingerprint density at radius 3 is 2.47 bits per heavy atom. The van der Waals surface area contributed by atoms with Crippen LogP contribution in [-0.4, -0.2) is 43.1 Å². The maximum Gasteiger partial charge on any atom is 0.416 e. The lowest BCUT2D eigenvalue weighted by molar-refractivity contribution is -0.139. The second kappa shape index (κ2) is 9.90. The summed E-state index contributed by atoms with van der Waals surface area (Å²) in [7, 11) is 1.27. The molecule has 2 heterocycles. The number of benzene rings is 1. The van der Waals surface area contributed by atoms with Crippen molar-refractivity contribution in [2.24, 2.45) is 0 Å². The zero-order valence-corrected chi connectivity index (χ0v) is 19.3. The third-order valence-electron chi connectivity index (χ3n) is 4.24. The molecule has 12 heteroatoms. The Kier molecular flexibility index (Phi) is 7.44. The van der Waals surface area contributed by atoms with Crippen LogP contribution in [0.15, 0.2) is 40.6 Å². The van der Waals surface area contributed by atoms with Crippen LogP contribution in [0.4, 0.5) is 13.2 Å². The van der Waals surface area contributed by atoms with E-state index in [1.165, 1.54) is 35.6 Å². The highest BCUT2D eigenvalue weighted by Gasteiger charge is 2.31. The number of alkyl halides is 3. The second-order valence-corrected chi connectivity index (χ2v) is 9.04. The molecule has 0 aliphatic rings. The Morgan fingerprint density at radius 2 is 1.84 bits per heavy atom. The van der Waals surface area contributed by atoms with Gasteiger partial charge in [-0.1, -0.05) is 29.6 Å². The van der Waals surface area contributed by atoms with Crippen molar-refractivity contribution in [1.29, 1.82) is 0 Å². The highest BCUT2D eigenvalue weighted by atomic mass is 32.2. The van der Waals surface area contributed by atoms with Gasteiger partial charge in [-0.2, -0.15) is 13.2 Å². The van der Waals surface area contributed by atoms with Crippen LogP contribution in [0.5, 0.6) is 0 Å². The highest BCUT2D eigenvalue weighted by molar-refractivity contribution is 8.00. The number of ether oxygens (including phenoxy) is 1. The topological polar surface area (TPSA) is 82.8 Å². The lowest BCUT2D eigenvalue weighted by Crippen LogP contribution is -2.16. The summed E-state index contributed by atoms with van der Waals surface area (Å²) in [6, 6.07) is 6.72. The van der Waals surface area contributed by atoms with Gasteiger partial charge in [0.05, 0.1) is 24.1 Å². The van der Waals surface area contributed by atoms with E-state index in [1.54, 1.807) is 6.92 Å². The average Bonchev–Trinajstić information content (AvgIpc) is 3.12. The van der Waals surface area contributed by atoms with E-state index in [9.17, 15) is 18.0 Å². The number of methoxy groups -OCH3 is 1. The lowest BCUT2D eigenvalue weighted by atomic mass is 10.2. The van der Waals surface area contributed by atoms with Crippen molar-refractivity contribution in [3.05, 3.63) is 53.1 Å². The first kappa shape index (κ1) is 24.1. The summed E-state index contributed by atoms with van der Waals surface area (Å²) < 4.78 is 46.1. The zero-order valence-electron chi connectivity index (χ0n) is 17.7. The third kappa shape index (κ3) is 5.80. The number of aryl methyl sites for hydroxylation is 2. The van der Waals surface area contributed by atoms with Crippen molar-refractivity contribution < 1.29 is 22.7 Å². The first-order valence-electron chi connectivity index (χ1n) is 9.40. The number of aromatic nitrogens is 5. The van der Waals surface area contributed by atoms with Crippen LogP contribution in [0.2, 0.25) is 0 Å². The predicted octanol–water partition coefficient (Wildman–Crippen LogP) is 4.64. The minimum atomic E-state index is -4.50. The Balaban J connectivity index is 1.99. The number of carbonyl (C=O) groups is 1. The minimum Gasteiger partial charge on any atom is -0.468 e. The predicted molar refractivity (Wildman–Crippen MR) is 115 cm³/mol. The first-order chi connectivity index (χ1) is 15.1. The van der Waals surface area contributed by atoms with E-state index in [0.29, 0.717) is 11.0 Å². The molecular formula is C20H20F3N5O2S2. The van der Waals surface area contributed by atoms with Gasteiger partial charge in [-0.05, 0) is 45.0 Å². The molecule has 3 aromatic rings. The molecule has 0 N–H and O–H groups in total. The number of thioether (sulfide) groups is 2. The summed E-state index contributed by atoms with van der Waals surface area (Å²) in [5.74, 6) is 0.184. The number of esters is 1. The molecule has 0 amide bonds. The van der Waals surface area contributed by atoms with Crippen molar-refractivity contribution in [2.45, 2.75) is 48.3 Å². The molecule has 1 atom stereocenters. The quantitative estimate of drug-likeness (QED) is 0.273. The maximum atomic E-state index is 13.3. The fourth-order valence-corrected chi connectivity index (χ4v) is 4.59. The lowest BCUT2D eigenvalue weighted by Gasteiger charge is -2.14. The van der Waals surface area contributed by atoms with Gasteiger partial charge >= 0.3 is 12.1 Å². The number of nitrogens with zero attached hydrogens (tertiary/aromatic N) is 5. The van der Waals surface area contributed by atoms with E-state index >= 15 is 0 Å². The molecule has 0 saturated carbocycles. The van der Waals surface area contributed by atoms with E-state index in [0.717, 1.165) is 35.3 Å². The van der Waals surface area contributed by atoms with E-state index in [-0.39, 0.29) is 16.6 Å². The molecule has 0 fully saturated rings. The molecule has 32 heavy (non-hydrogen) atoms. The highest BCUT2D eigenvalue weighted by Crippen LogP contribution is 2.33. The second-order valence-electron chi connectivity index (χ2n) is 6.79. The number of carbonyl (C=O) groups excluding carboxylic acids is 1. The van der Waals surface area contributed by atoms with Crippen LogP contribution in [0.1, 0.15) is 29.7 Å². The molecule has 0 radical (unpaired) electrons. The fraction of sp³-hybridized carbons (Fsp3) is 0.350. The SMILES string of the molecule is COC(=O)C(C)Sc1nnc(CSc2nc(C)cc(C)n2)n1-c1cccc(C(F)(F)F)c1. The van der Waals surface area contributed by atoms with Gasteiger partial charge in [0, 0.05) is 11.4 Å². The van der Waals surface area contributed by atoms with Gasteiger partial charge in [-0.3, -0.25) is 9.36 Å². The van der Waals surface area contributed by atoms with Gasteiger partial charge in [0.25, 0.3) is 0 Å². The Hall–Kier alpha value is -2.60. The molecule has 7 nitrogen and oxygen atoms in total. The van der Waals surface area contributed by atoms with Crippen LogP contribution >= 0.6 is 23.5 Å². The Bertz CT molecular complexity index is 1100. The third-order valence-corrected chi connectivity index (χ3v) is 6.10. The number of hydrogen-bond donors (Lipinski definition) is 0. The van der Waals surface area contributed by atoms with Crippen molar-refractivity contribution in [1.82, 2.24) is 24.7 Å². The first-order valence-corrected chi connectivity index (χ1v) is 11.3. The largest absolute Gasteiger partial charge is 0.468 e. The normalized spacial score (nSPS) is 12.6. The summed E-state index contributed by atoms with van der Waals surface area (Å²) >= 11 is 2.35. The van der Waals surface area contributed by atoms with Crippen LogP contribution in [0.25, 0.3) is 5.69 Å². The molecule has 170 valence electrons. The minimum absolute atomic E-state index is 0.237. The molecule has 1 unspecified atom stereocenters. The van der Waals surface area contributed by atoms with Crippen LogP contribution in [0, 0.1) is 13.8 Å². The number of hydrogen-bond acceptors (Lipinski definition) is 8. The molecule has 1 aromatic carbocycles. The molecular weight excluding hydrogens is 463 g/mol. The molecule has 0 aliphatic carbocycles. The summed E-state index contributed by atoms with van der Waals surface area (Å²) in [4.78, 5) is 20.6. The average molecular weight is 484 g/mol. The fourth-order valence-electron chi connectivity index (χ4n) is 2.81. The van der Waals surface area contributed by atoms with Crippen LogP contribution in [0.3, 0.4) is 0 Å². The zero-order chi connectivity index (χ0) is 23.5. The van der Waals surface area contributed by atoms with Crippen LogP contribution in [-0.2, 0) is 21.5 Å².